The topological polar surface area (TPSA) is 49.6 Å². The van der Waals surface area contributed by atoms with Gasteiger partial charge < -0.3 is 15.5 Å². The zero-order chi connectivity index (χ0) is 12.8. The molecule has 0 aromatic heterocycles. The molecule has 0 spiro atoms. The molecule has 0 aromatic carbocycles. The van der Waals surface area contributed by atoms with Crippen molar-refractivity contribution in [3.05, 3.63) is 0 Å². The predicted molar refractivity (Wildman–Crippen MR) is 70.7 cm³/mol. The first kappa shape index (κ1) is 14.5. The van der Waals surface area contributed by atoms with Gasteiger partial charge in [0.1, 0.15) is 0 Å². The molecule has 2 atom stereocenters. The monoisotopic (exact) mass is 241 g/mol. The number of nitrogens with two attached hydrogens (primary N) is 1. The summed E-state index contributed by atoms with van der Waals surface area (Å²) in [6.45, 7) is 4.79. The average molecular weight is 241 g/mol. The molecule has 1 aliphatic carbocycles. The van der Waals surface area contributed by atoms with Gasteiger partial charge >= 0.3 is 0 Å². The van der Waals surface area contributed by atoms with Gasteiger partial charge in [-0.3, -0.25) is 4.79 Å². The Morgan fingerprint density at radius 1 is 1.29 bits per heavy atom. The van der Waals surface area contributed by atoms with Crippen LogP contribution in [0.4, 0.5) is 0 Å². The summed E-state index contributed by atoms with van der Waals surface area (Å²) >= 11 is 0. The normalized spacial score (nSPS) is 24.3. The second kappa shape index (κ2) is 6.97. The molecule has 0 radical (unpaired) electrons. The third kappa shape index (κ3) is 4.64. The van der Waals surface area contributed by atoms with E-state index in [1.54, 1.807) is 0 Å². The standard InChI is InChI=1S/C13H27N3O/c1-4-16(9-5-8-15(2)3)13(17)11-6-7-12(14)10-11/h11-12H,4-10,14H2,1-3H3. The van der Waals surface area contributed by atoms with Gasteiger partial charge in [-0.15, -0.1) is 0 Å². The molecule has 1 saturated carbocycles. The summed E-state index contributed by atoms with van der Waals surface area (Å²) in [4.78, 5) is 16.4. The third-order valence-corrected chi connectivity index (χ3v) is 3.55. The van der Waals surface area contributed by atoms with E-state index in [1.165, 1.54) is 0 Å². The number of hydrogen-bond donors (Lipinski definition) is 1. The SMILES string of the molecule is CCN(CCCN(C)C)C(=O)C1CCC(N)C1. The zero-order valence-electron chi connectivity index (χ0n) is 11.5. The van der Waals surface area contributed by atoms with Crippen LogP contribution >= 0.6 is 0 Å². The number of hydrogen-bond acceptors (Lipinski definition) is 3. The molecule has 0 bridgehead atoms. The molecule has 2 N–H and O–H groups in total. The van der Waals surface area contributed by atoms with Gasteiger partial charge in [0.25, 0.3) is 0 Å². The van der Waals surface area contributed by atoms with Crippen LogP contribution in [0.15, 0.2) is 0 Å². The summed E-state index contributed by atoms with van der Waals surface area (Å²) in [5.41, 5.74) is 5.87. The van der Waals surface area contributed by atoms with Gasteiger partial charge in [-0.1, -0.05) is 0 Å². The van der Waals surface area contributed by atoms with Crippen LogP contribution in [0.2, 0.25) is 0 Å². The fourth-order valence-corrected chi connectivity index (χ4v) is 2.50. The fourth-order valence-electron chi connectivity index (χ4n) is 2.50. The first-order chi connectivity index (χ1) is 8.04. The highest BCUT2D eigenvalue weighted by Crippen LogP contribution is 2.25. The van der Waals surface area contributed by atoms with Crippen molar-refractivity contribution < 1.29 is 4.79 Å². The lowest BCUT2D eigenvalue weighted by Gasteiger charge is -2.25. The Morgan fingerprint density at radius 3 is 2.47 bits per heavy atom. The minimum Gasteiger partial charge on any atom is -0.343 e. The van der Waals surface area contributed by atoms with E-state index in [9.17, 15) is 4.79 Å². The third-order valence-electron chi connectivity index (χ3n) is 3.55. The highest BCUT2D eigenvalue weighted by atomic mass is 16.2. The Hall–Kier alpha value is -0.610. The molecule has 4 heteroatoms. The van der Waals surface area contributed by atoms with Crippen molar-refractivity contribution in [2.75, 3.05) is 33.7 Å². The molecule has 17 heavy (non-hydrogen) atoms. The first-order valence-electron chi connectivity index (χ1n) is 6.73. The van der Waals surface area contributed by atoms with Crippen LogP contribution in [-0.2, 0) is 4.79 Å². The van der Waals surface area contributed by atoms with E-state index >= 15 is 0 Å². The highest BCUT2D eigenvalue weighted by molar-refractivity contribution is 5.79. The molecular formula is C13H27N3O. The molecule has 0 heterocycles. The van der Waals surface area contributed by atoms with Gasteiger partial charge in [-0.05, 0) is 53.2 Å². The van der Waals surface area contributed by atoms with E-state index in [1.807, 2.05) is 4.90 Å². The maximum absolute atomic E-state index is 12.3. The van der Waals surface area contributed by atoms with Crippen LogP contribution in [0.1, 0.15) is 32.6 Å². The van der Waals surface area contributed by atoms with E-state index in [0.717, 1.165) is 45.3 Å². The summed E-state index contributed by atoms with van der Waals surface area (Å²) in [6.07, 6.45) is 3.91. The van der Waals surface area contributed by atoms with Crippen LogP contribution in [0, 0.1) is 5.92 Å². The van der Waals surface area contributed by atoms with E-state index in [2.05, 4.69) is 25.9 Å². The lowest BCUT2D eigenvalue weighted by atomic mass is 10.1. The van der Waals surface area contributed by atoms with Crippen molar-refractivity contribution in [2.24, 2.45) is 11.7 Å². The maximum atomic E-state index is 12.3. The Balaban J connectivity index is 2.36. The number of carbonyl (C=O) groups is 1. The van der Waals surface area contributed by atoms with Crippen LogP contribution in [-0.4, -0.2) is 55.5 Å². The molecule has 0 aromatic rings. The van der Waals surface area contributed by atoms with Crippen LogP contribution in [0.3, 0.4) is 0 Å². The Kier molecular flexibility index (Phi) is 5.92. The molecule has 2 unspecified atom stereocenters. The second-order valence-corrected chi connectivity index (χ2v) is 5.34. The van der Waals surface area contributed by atoms with E-state index in [4.69, 9.17) is 5.73 Å². The van der Waals surface area contributed by atoms with Crippen molar-refractivity contribution in [2.45, 2.75) is 38.6 Å². The summed E-state index contributed by atoms with van der Waals surface area (Å²) in [7, 11) is 4.13. The molecule has 1 amide bonds. The van der Waals surface area contributed by atoms with Crippen LogP contribution < -0.4 is 5.73 Å². The quantitative estimate of drug-likeness (QED) is 0.752. The molecular weight excluding hydrogens is 214 g/mol. The van der Waals surface area contributed by atoms with Crippen LogP contribution in [0.5, 0.6) is 0 Å². The second-order valence-electron chi connectivity index (χ2n) is 5.34. The lowest BCUT2D eigenvalue weighted by molar-refractivity contribution is -0.135. The zero-order valence-corrected chi connectivity index (χ0v) is 11.5. The number of nitrogens with zero attached hydrogens (tertiary/aromatic N) is 2. The Morgan fingerprint density at radius 2 is 2.00 bits per heavy atom. The predicted octanol–water partition coefficient (Wildman–Crippen LogP) is 0.914. The molecule has 100 valence electrons. The molecule has 1 fully saturated rings. The Labute approximate surface area is 105 Å². The summed E-state index contributed by atoms with van der Waals surface area (Å²) in [5, 5.41) is 0. The molecule has 4 nitrogen and oxygen atoms in total. The van der Waals surface area contributed by atoms with Gasteiger partial charge in [0.15, 0.2) is 0 Å². The molecule has 1 aliphatic rings. The van der Waals surface area contributed by atoms with Crippen molar-refractivity contribution in [3.8, 4) is 0 Å². The van der Waals surface area contributed by atoms with Gasteiger partial charge in [0.05, 0.1) is 0 Å². The van der Waals surface area contributed by atoms with Gasteiger partial charge in [0.2, 0.25) is 5.91 Å². The minimum absolute atomic E-state index is 0.185. The maximum Gasteiger partial charge on any atom is 0.225 e. The number of amides is 1. The van der Waals surface area contributed by atoms with Crippen molar-refractivity contribution >= 4 is 5.91 Å². The average Bonchev–Trinajstić information content (AvgIpc) is 2.70. The lowest BCUT2D eigenvalue weighted by Crippen LogP contribution is -2.37. The fraction of sp³-hybridized carbons (Fsp3) is 0.923. The summed E-state index contributed by atoms with van der Waals surface area (Å²) < 4.78 is 0. The molecule has 0 aliphatic heterocycles. The Bertz CT molecular complexity index is 243. The van der Waals surface area contributed by atoms with E-state index < -0.39 is 0 Å². The van der Waals surface area contributed by atoms with Crippen molar-refractivity contribution in [1.82, 2.24) is 9.80 Å². The summed E-state index contributed by atoms with van der Waals surface area (Å²) in [6, 6.07) is 0.240. The van der Waals surface area contributed by atoms with Gasteiger partial charge in [-0.2, -0.15) is 0 Å². The highest BCUT2D eigenvalue weighted by Gasteiger charge is 2.30. The first-order valence-corrected chi connectivity index (χ1v) is 6.73. The van der Waals surface area contributed by atoms with E-state index in [0.29, 0.717) is 5.91 Å². The van der Waals surface area contributed by atoms with Gasteiger partial charge in [-0.25, -0.2) is 0 Å². The minimum atomic E-state index is 0.185. The molecule has 0 saturated heterocycles. The van der Waals surface area contributed by atoms with Crippen molar-refractivity contribution in [1.29, 1.82) is 0 Å². The number of carbonyl (C=O) groups excluding carboxylic acids is 1. The summed E-state index contributed by atoms with van der Waals surface area (Å²) in [5.74, 6) is 0.503. The van der Waals surface area contributed by atoms with Crippen molar-refractivity contribution in [3.63, 3.8) is 0 Å². The van der Waals surface area contributed by atoms with Gasteiger partial charge in [0, 0.05) is 25.0 Å². The van der Waals surface area contributed by atoms with Crippen LogP contribution in [0.25, 0.3) is 0 Å². The number of rotatable bonds is 6. The molecule has 1 rings (SSSR count). The van der Waals surface area contributed by atoms with E-state index in [-0.39, 0.29) is 12.0 Å². The largest absolute Gasteiger partial charge is 0.343 e. The smallest absolute Gasteiger partial charge is 0.225 e.